The normalized spacial score (nSPS) is 40.8. The van der Waals surface area contributed by atoms with Crippen molar-refractivity contribution in [3.63, 3.8) is 0 Å². The number of carbonyl (C=O) groups is 2. The molecule has 2 fully saturated rings. The number of allylic oxidation sites excluding steroid dienone is 3. The average molecular weight is 474 g/mol. The molecule has 1 aliphatic heterocycles. The first-order valence-electron chi connectivity index (χ1n) is 6.58. The molecule has 0 spiro atoms. The van der Waals surface area contributed by atoms with Crippen molar-refractivity contribution in [1.82, 2.24) is 5.06 Å². The standard InChI is InChI=1S/C13H8Cl7NO3/c1-4(14)2-3-24-21-9(22)5-6(10(21)23)12(18)8(16)7(15)11(5,17)13(12,19)20/h2,5-6H,3H2,1H3/b4-2-/t5-,6+,11-,12-/m1/s1. The van der Waals surface area contributed by atoms with Gasteiger partial charge in [-0.15, -0.1) is 23.2 Å². The van der Waals surface area contributed by atoms with Crippen molar-refractivity contribution >= 4 is 93.0 Å². The van der Waals surface area contributed by atoms with Gasteiger partial charge in [-0.25, -0.2) is 0 Å². The predicted molar refractivity (Wildman–Crippen MR) is 94.7 cm³/mol. The minimum absolute atomic E-state index is 0.0986. The van der Waals surface area contributed by atoms with E-state index in [-0.39, 0.29) is 16.7 Å². The monoisotopic (exact) mass is 471 g/mol. The maximum atomic E-state index is 12.7. The maximum absolute atomic E-state index is 12.7. The topological polar surface area (TPSA) is 46.6 Å². The van der Waals surface area contributed by atoms with Gasteiger partial charge in [0.05, 0.1) is 28.5 Å². The Morgan fingerprint density at radius 3 is 1.88 bits per heavy atom. The third-order valence-corrected chi connectivity index (χ3v) is 8.85. The first-order valence-corrected chi connectivity index (χ1v) is 9.23. The summed E-state index contributed by atoms with van der Waals surface area (Å²) in [4.78, 5) is 26.9. The van der Waals surface area contributed by atoms with Gasteiger partial charge in [0.1, 0.15) is 9.75 Å². The highest BCUT2D eigenvalue weighted by molar-refractivity contribution is 6.66. The minimum Gasteiger partial charge on any atom is -0.272 e. The van der Waals surface area contributed by atoms with Crippen molar-refractivity contribution < 1.29 is 14.4 Å². The molecule has 1 saturated heterocycles. The molecule has 3 aliphatic rings. The molecule has 2 aliphatic carbocycles. The number of fused-ring (bicyclic) bond motifs is 5. The highest BCUT2D eigenvalue weighted by Gasteiger charge is 2.87. The number of carbonyl (C=O) groups excluding carboxylic acids is 2. The van der Waals surface area contributed by atoms with Crippen LogP contribution in [0.3, 0.4) is 0 Å². The van der Waals surface area contributed by atoms with Crippen LogP contribution in [-0.4, -0.2) is 37.6 Å². The Kier molecular flexibility index (Phi) is 4.68. The summed E-state index contributed by atoms with van der Waals surface area (Å²) < 4.78 is -1.95. The fourth-order valence-electron chi connectivity index (χ4n) is 3.32. The molecular formula is C13H8Cl7NO3. The van der Waals surface area contributed by atoms with E-state index in [9.17, 15) is 9.59 Å². The summed E-state index contributed by atoms with van der Waals surface area (Å²) in [7, 11) is 0. The first-order chi connectivity index (χ1) is 10.9. The van der Waals surface area contributed by atoms with Gasteiger partial charge in [-0.1, -0.05) is 58.0 Å². The smallest absolute Gasteiger partial charge is 0.259 e. The van der Waals surface area contributed by atoms with Crippen molar-refractivity contribution in [2.24, 2.45) is 11.8 Å². The second-order valence-corrected chi connectivity index (χ2v) is 9.51. The van der Waals surface area contributed by atoms with E-state index < -0.39 is 37.7 Å². The van der Waals surface area contributed by atoms with Crippen LogP contribution in [0.25, 0.3) is 0 Å². The Hall–Kier alpha value is 0.610. The van der Waals surface area contributed by atoms with Gasteiger partial charge in [0, 0.05) is 5.03 Å². The summed E-state index contributed by atoms with van der Waals surface area (Å²) in [5, 5.41) is 0.728. The lowest BCUT2D eigenvalue weighted by Crippen LogP contribution is -2.50. The van der Waals surface area contributed by atoms with Crippen LogP contribution >= 0.6 is 81.2 Å². The van der Waals surface area contributed by atoms with Gasteiger partial charge in [-0.2, -0.15) is 5.06 Å². The molecule has 3 rings (SSSR count). The van der Waals surface area contributed by atoms with Crippen LogP contribution < -0.4 is 0 Å². The lowest BCUT2D eigenvalue weighted by molar-refractivity contribution is -0.186. The molecule has 1 heterocycles. The number of amides is 2. The van der Waals surface area contributed by atoms with E-state index in [0.29, 0.717) is 10.1 Å². The van der Waals surface area contributed by atoms with Crippen LogP contribution in [0.15, 0.2) is 21.2 Å². The molecule has 0 aromatic heterocycles. The zero-order valence-corrected chi connectivity index (χ0v) is 17.0. The molecule has 2 bridgehead atoms. The van der Waals surface area contributed by atoms with Crippen LogP contribution in [0.2, 0.25) is 0 Å². The fourth-order valence-corrected chi connectivity index (χ4v) is 6.32. The quantitative estimate of drug-likeness (QED) is 0.447. The number of hydrogen-bond acceptors (Lipinski definition) is 3. The largest absolute Gasteiger partial charge is 0.272 e. The number of rotatable bonds is 3. The summed E-state index contributed by atoms with van der Waals surface area (Å²) >= 11 is 43.7. The van der Waals surface area contributed by atoms with Gasteiger partial charge in [0.15, 0.2) is 4.33 Å². The highest BCUT2D eigenvalue weighted by Crippen LogP contribution is 2.77. The lowest BCUT2D eigenvalue weighted by Gasteiger charge is -2.34. The first kappa shape index (κ1) is 19.4. The molecule has 4 atom stereocenters. The molecule has 0 radical (unpaired) electrons. The van der Waals surface area contributed by atoms with Crippen molar-refractivity contribution in [3.05, 3.63) is 21.2 Å². The average Bonchev–Trinajstić information content (AvgIpc) is 2.86. The number of alkyl halides is 4. The van der Waals surface area contributed by atoms with Gasteiger partial charge in [-0.05, 0) is 13.0 Å². The number of hydroxylamine groups is 2. The van der Waals surface area contributed by atoms with Gasteiger partial charge >= 0.3 is 0 Å². The van der Waals surface area contributed by atoms with Crippen LogP contribution in [0, 0.1) is 11.8 Å². The number of imide groups is 1. The molecule has 1 saturated carbocycles. The van der Waals surface area contributed by atoms with Gasteiger partial charge in [0.2, 0.25) is 0 Å². The van der Waals surface area contributed by atoms with Crippen LogP contribution in [-0.2, 0) is 14.4 Å². The van der Waals surface area contributed by atoms with E-state index in [2.05, 4.69) is 0 Å². The molecule has 11 heteroatoms. The molecule has 0 unspecified atom stereocenters. The highest BCUT2D eigenvalue weighted by atomic mass is 35.5. The Bertz CT molecular complexity index is 670. The lowest BCUT2D eigenvalue weighted by atomic mass is 9.84. The molecule has 4 nitrogen and oxygen atoms in total. The Morgan fingerprint density at radius 1 is 1.08 bits per heavy atom. The van der Waals surface area contributed by atoms with E-state index in [4.69, 9.17) is 86.0 Å². The SMILES string of the molecule is C/C(Cl)=C/CON1C(=O)[C@@H]2[C@H](C1=O)[C@@]1(Cl)C(Cl)=C(Cl)[C@@]2(Cl)C1(Cl)Cl. The van der Waals surface area contributed by atoms with Crippen LogP contribution in [0.5, 0.6) is 0 Å². The second kappa shape index (κ2) is 5.80. The predicted octanol–water partition coefficient (Wildman–Crippen LogP) is 4.51. The Morgan fingerprint density at radius 2 is 1.50 bits per heavy atom. The molecule has 0 aromatic carbocycles. The van der Waals surface area contributed by atoms with Gasteiger partial charge < -0.3 is 0 Å². The molecule has 24 heavy (non-hydrogen) atoms. The van der Waals surface area contributed by atoms with Crippen LogP contribution in [0.1, 0.15) is 6.92 Å². The van der Waals surface area contributed by atoms with Gasteiger partial charge in [0.25, 0.3) is 11.8 Å². The zero-order chi connectivity index (χ0) is 18.2. The Labute approximate surface area is 172 Å². The van der Waals surface area contributed by atoms with Crippen molar-refractivity contribution in [1.29, 1.82) is 0 Å². The summed E-state index contributed by atoms with van der Waals surface area (Å²) in [5.41, 5.74) is 0. The van der Waals surface area contributed by atoms with E-state index in [0.717, 1.165) is 0 Å². The molecule has 2 amide bonds. The van der Waals surface area contributed by atoms with Gasteiger partial charge in [-0.3, -0.25) is 14.4 Å². The molecule has 0 aromatic rings. The zero-order valence-electron chi connectivity index (χ0n) is 11.8. The molecule has 0 N–H and O–H groups in total. The van der Waals surface area contributed by atoms with E-state index in [1.54, 1.807) is 6.92 Å². The van der Waals surface area contributed by atoms with E-state index in [1.807, 2.05) is 0 Å². The van der Waals surface area contributed by atoms with Crippen LogP contribution in [0.4, 0.5) is 0 Å². The second-order valence-electron chi connectivity index (χ2n) is 5.64. The number of halogens is 7. The summed E-state index contributed by atoms with van der Waals surface area (Å²) in [6, 6.07) is 0. The van der Waals surface area contributed by atoms with E-state index in [1.165, 1.54) is 6.08 Å². The number of nitrogens with zero attached hydrogens (tertiary/aromatic N) is 1. The minimum atomic E-state index is -1.95. The summed E-state index contributed by atoms with van der Waals surface area (Å²) in [5.74, 6) is -3.88. The summed E-state index contributed by atoms with van der Waals surface area (Å²) in [6.45, 7) is 1.52. The Balaban J connectivity index is 2.04. The third kappa shape index (κ3) is 2.00. The van der Waals surface area contributed by atoms with Crippen molar-refractivity contribution in [3.8, 4) is 0 Å². The van der Waals surface area contributed by atoms with E-state index >= 15 is 0 Å². The summed E-state index contributed by atoms with van der Waals surface area (Å²) in [6.07, 6.45) is 1.48. The maximum Gasteiger partial charge on any atom is 0.259 e. The number of hydrogen-bond donors (Lipinski definition) is 0. The third-order valence-electron chi connectivity index (χ3n) is 4.44. The fraction of sp³-hybridized carbons (Fsp3) is 0.538. The molecular weight excluding hydrogens is 466 g/mol. The van der Waals surface area contributed by atoms with Crippen molar-refractivity contribution in [2.45, 2.75) is 21.0 Å². The molecule has 132 valence electrons. The van der Waals surface area contributed by atoms with Crippen molar-refractivity contribution in [2.75, 3.05) is 6.61 Å².